The maximum absolute atomic E-state index is 5.95. The Bertz CT molecular complexity index is 777. The number of fused-ring (bicyclic) bond motifs is 2. The Kier molecular flexibility index (Phi) is 5.65. The van der Waals surface area contributed by atoms with Crippen LogP contribution in [0.1, 0.15) is 52.2 Å². The highest BCUT2D eigenvalue weighted by Gasteiger charge is 2.59. The molecule has 29 heavy (non-hydrogen) atoms. The lowest BCUT2D eigenvalue weighted by molar-refractivity contribution is -0.106. The minimum absolute atomic E-state index is 0.116. The number of benzene rings is 1. The highest BCUT2D eigenvalue weighted by Crippen LogP contribution is 2.52. The molecule has 6 nitrogen and oxygen atoms in total. The lowest BCUT2D eigenvalue weighted by Gasteiger charge is -2.54. The van der Waals surface area contributed by atoms with Gasteiger partial charge in [-0.3, -0.25) is 0 Å². The van der Waals surface area contributed by atoms with Gasteiger partial charge in [-0.25, -0.2) is 4.99 Å². The number of hydrogen-bond donors (Lipinski definition) is 2. The number of hydrogen-bond acceptors (Lipinski definition) is 4. The maximum atomic E-state index is 5.95. The van der Waals surface area contributed by atoms with Crippen LogP contribution in [0.5, 0.6) is 11.5 Å². The van der Waals surface area contributed by atoms with Gasteiger partial charge in [0.2, 0.25) is 0 Å². The smallest absolute Gasteiger partial charge is 0.191 e. The molecule has 4 atom stereocenters. The van der Waals surface area contributed by atoms with E-state index in [9.17, 15) is 0 Å². The molecule has 4 unspecified atom stereocenters. The summed E-state index contributed by atoms with van der Waals surface area (Å²) in [6.45, 7) is 13.7. The third-order valence-corrected chi connectivity index (χ3v) is 6.52. The van der Waals surface area contributed by atoms with Crippen LogP contribution in [-0.2, 0) is 17.7 Å². The first-order chi connectivity index (χ1) is 13.9. The van der Waals surface area contributed by atoms with Crippen LogP contribution in [0.25, 0.3) is 0 Å². The summed E-state index contributed by atoms with van der Waals surface area (Å²) in [5.74, 6) is 3.31. The van der Waals surface area contributed by atoms with Crippen molar-refractivity contribution in [3.8, 4) is 11.5 Å². The lowest BCUT2D eigenvalue weighted by Crippen LogP contribution is -2.67. The van der Waals surface area contributed by atoms with Crippen molar-refractivity contribution in [3.63, 3.8) is 0 Å². The molecule has 2 fully saturated rings. The summed E-state index contributed by atoms with van der Waals surface area (Å²) < 4.78 is 17.8. The van der Waals surface area contributed by atoms with Crippen LogP contribution in [0.15, 0.2) is 17.1 Å². The van der Waals surface area contributed by atoms with E-state index < -0.39 is 0 Å². The third kappa shape index (κ3) is 3.79. The SMILES string of the molecule is CCNC(=NCc1cc2c(cc1OCC)CC(C)O2)NC1C2CCOC2C1(C)C. The molecule has 0 aromatic heterocycles. The minimum atomic E-state index is 0.116. The maximum Gasteiger partial charge on any atom is 0.191 e. The van der Waals surface area contributed by atoms with Crippen LogP contribution in [0.3, 0.4) is 0 Å². The second kappa shape index (κ2) is 8.05. The molecule has 0 amide bonds. The fourth-order valence-electron chi connectivity index (χ4n) is 5.14. The zero-order valence-electron chi connectivity index (χ0n) is 18.4. The Balaban J connectivity index is 1.52. The Morgan fingerprint density at radius 1 is 1.31 bits per heavy atom. The number of aliphatic imine (C=N–C) groups is 1. The molecule has 0 bridgehead atoms. The monoisotopic (exact) mass is 401 g/mol. The molecule has 1 aromatic rings. The van der Waals surface area contributed by atoms with Gasteiger partial charge in [0.25, 0.3) is 0 Å². The molecule has 2 aliphatic heterocycles. The van der Waals surface area contributed by atoms with Crippen molar-refractivity contribution in [1.29, 1.82) is 0 Å². The molecule has 6 heteroatoms. The summed E-state index contributed by atoms with van der Waals surface area (Å²) in [6, 6.07) is 4.61. The molecular formula is C23H35N3O3. The van der Waals surface area contributed by atoms with Gasteiger partial charge in [0.1, 0.15) is 17.6 Å². The van der Waals surface area contributed by atoms with E-state index >= 15 is 0 Å². The van der Waals surface area contributed by atoms with Gasteiger partial charge in [-0.1, -0.05) is 13.8 Å². The second-order valence-corrected chi connectivity index (χ2v) is 9.02. The van der Waals surface area contributed by atoms with E-state index in [0.717, 1.165) is 49.0 Å². The predicted molar refractivity (Wildman–Crippen MR) is 115 cm³/mol. The second-order valence-electron chi connectivity index (χ2n) is 9.02. The van der Waals surface area contributed by atoms with E-state index in [1.54, 1.807) is 0 Å². The van der Waals surface area contributed by atoms with Crippen LogP contribution >= 0.6 is 0 Å². The lowest BCUT2D eigenvalue weighted by atomic mass is 9.57. The Hall–Kier alpha value is -1.95. The first-order valence-electron chi connectivity index (χ1n) is 11.1. The number of guanidine groups is 1. The summed E-state index contributed by atoms with van der Waals surface area (Å²) in [5, 5.41) is 7.09. The quantitative estimate of drug-likeness (QED) is 0.566. The van der Waals surface area contributed by atoms with E-state index in [2.05, 4.69) is 50.5 Å². The van der Waals surface area contributed by atoms with Crippen LogP contribution in [-0.4, -0.2) is 44.0 Å². The predicted octanol–water partition coefficient (Wildman–Crippen LogP) is 3.28. The van der Waals surface area contributed by atoms with Crippen molar-refractivity contribution in [2.45, 2.75) is 72.3 Å². The van der Waals surface area contributed by atoms with E-state index in [-0.39, 0.29) is 11.5 Å². The van der Waals surface area contributed by atoms with Gasteiger partial charge in [0, 0.05) is 48.1 Å². The first-order valence-corrected chi connectivity index (χ1v) is 11.1. The Morgan fingerprint density at radius 2 is 2.14 bits per heavy atom. The van der Waals surface area contributed by atoms with Crippen LogP contribution in [0, 0.1) is 11.3 Å². The van der Waals surface area contributed by atoms with E-state index in [1.807, 2.05) is 6.92 Å². The average Bonchev–Trinajstić information content (AvgIpc) is 3.28. The highest BCUT2D eigenvalue weighted by atomic mass is 16.5. The minimum Gasteiger partial charge on any atom is -0.494 e. The van der Waals surface area contributed by atoms with E-state index in [0.29, 0.717) is 31.2 Å². The van der Waals surface area contributed by atoms with Gasteiger partial charge in [-0.05, 0) is 39.3 Å². The molecule has 1 saturated carbocycles. The Labute approximate surface area is 174 Å². The molecule has 3 aliphatic rings. The molecule has 1 aromatic carbocycles. The molecule has 160 valence electrons. The molecule has 0 spiro atoms. The fourth-order valence-corrected chi connectivity index (χ4v) is 5.14. The summed E-state index contributed by atoms with van der Waals surface area (Å²) in [6.07, 6.45) is 2.65. The fraction of sp³-hybridized carbons (Fsp3) is 0.696. The van der Waals surface area contributed by atoms with Gasteiger partial charge in [-0.2, -0.15) is 0 Å². The van der Waals surface area contributed by atoms with Crippen molar-refractivity contribution in [3.05, 3.63) is 23.3 Å². The van der Waals surface area contributed by atoms with Gasteiger partial charge >= 0.3 is 0 Å². The van der Waals surface area contributed by atoms with Gasteiger partial charge in [-0.15, -0.1) is 0 Å². The number of ether oxygens (including phenoxy) is 3. The zero-order chi connectivity index (χ0) is 20.6. The summed E-state index contributed by atoms with van der Waals surface area (Å²) >= 11 is 0. The van der Waals surface area contributed by atoms with Crippen molar-refractivity contribution < 1.29 is 14.2 Å². The van der Waals surface area contributed by atoms with Crippen LogP contribution in [0.4, 0.5) is 0 Å². The molecule has 1 saturated heterocycles. The summed E-state index contributed by atoms with van der Waals surface area (Å²) in [4.78, 5) is 4.89. The van der Waals surface area contributed by atoms with Crippen molar-refractivity contribution in [2.75, 3.05) is 19.8 Å². The molecule has 1 aliphatic carbocycles. The first kappa shape index (κ1) is 20.3. The van der Waals surface area contributed by atoms with E-state index in [4.69, 9.17) is 19.2 Å². The van der Waals surface area contributed by atoms with Crippen LogP contribution in [0.2, 0.25) is 0 Å². The van der Waals surface area contributed by atoms with Crippen molar-refractivity contribution >= 4 is 5.96 Å². The summed E-state index contributed by atoms with van der Waals surface area (Å²) in [7, 11) is 0. The third-order valence-electron chi connectivity index (χ3n) is 6.52. The molecular weight excluding hydrogens is 366 g/mol. The van der Waals surface area contributed by atoms with Crippen LogP contribution < -0.4 is 20.1 Å². The molecule has 0 radical (unpaired) electrons. The highest BCUT2D eigenvalue weighted by molar-refractivity contribution is 5.80. The Morgan fingerprint density at radius 3 is 2.90 bits per heavy atom. The zero-order valence-corrected chi connectivity index (χ0v) is 18.4. The van der Waals surface area contributed by atoms with Gasteiger partial charge in [0.05, 0.1) is 19.3 Å². The standard InChI is InChI=1S/C23H35N3O3/c1-6-24-22(26-20-17-8-9-28-21(17)23(20,4)5)25-13-16-12-19-15(10-14(3)29-19)11-18(16)27-7-2/h11-12,14,17,20-21H,6-10,13H2,1-5H3,(H2,24,25,26). The topological polar surface area (TPSA) is 64.1 Å². The number of rotatable bonds is 6. The van der Waals surface area contributed by atoms with Crippen molar-refractivity contribution in [2.24, 2.45) is 16.3 Å². The average molecular weight is 402 g/mol. The van der Waals surface area contributed by atoms with Gasteiger partial charge < -0.3 is 24.8 Å². The number of nitrogens with one attached hydrogen (secondary N) is 2. The molecule has 2 N–H and O–H groups in total. The molecule has 4 rings (SSSR count). The van der Waals surface area contributed by atoms with Crippen molar-refractivity contribution in [1.82, 2.24) is 10.6 Å². The normalized spacial score (nSPS) is 29.5. The van der Waals surface area contributed by atoms with E-state index in [1.165, 1.54) is 5.56 Å². The number of nitrogens with zero attached hydrogens (tertiary/aromatic N) is 1. The van der Waals surface area contributed by atoms with Gasteiger partial charge in [0.15, 0.2) is 5.96 Å². The summed E-state index contributed by atoms with van der Waals surface area (Å²) in [5.41, 5.74) is 2.40. The largest absolute Gasteiger partial charge is 0.494 e. The molecule has 2 heterocycles.